The fourth-order valence-electron chi connectivity index (χ4n) is 2.66. The fraction of sp³-hybridized carbons (Fsp3) is 0.438. The second-order valence-corrected chi connectivity index (χ2v) is 6.86. The quantitative estimate of drug-likeness (QED) is 0.875. The first-order valence-corrected chi connectivity index (χ1v) is 8.55. The number of fused-ring (bicyclic) bond motifs is 1. The van der Waals surface area contributed by atoms with Crippen LogP contribution in [0.25, 0.3) is 0 Å². The van der Waals surface area contributed by atoms with Crippen LogP contribution in [0, 0.1) is 5.82 Å². The molecule has 0 bridgehead atoms. The molecular weight excluding hydrogens is 307 g/mol. The van der Waals surface area contributed by atoms with E-state index in [1.54, 1.807) is 17.4 Å². The summed E-state index contributed by atoms with van der Waals surface area (Å²) < 4.78 is 13.8. The first kappa shape index (κ1) is 14.9. The molecule has 5 heteroatoms. The zero-order valence-corrected chi connectivity index (χ0v) is 13.5. The summed E-state index contributed by atoms with van der Waals surface area (Å²) in [5, 5.41) is 4.67. The Hall–Kier alpha value is -0.970. The maximum Gasteiger partial charge on any atom is 0.142 e. The highest BCUT2D eigenvalue weighted by Crippen LogP contribution is 2.34. The molecule has 1 aromatic carbocycles. The second-order valence-electron chi connectivity index (χ2n) is 5.34. The van der Waals surface area contributed by atoms with Crippen LogP contribution in [0.2, 0.25) is 5.02 Å². The van der Waals surface area contributed by atoms with Crippen molar-refractivity contribution in [3.05, 3.63) is 50.2 Å². The second kappa shape index (κ2) is 6.42. The standard InChI is InChI=1S/C16H18ClFN2S/c1-2-8-19-15(10-6-7-11(17)12(18)9-10)16-20-13-4-3-5-14(13)21-16/h6-7,9,15,19H,2-5,8H2,1H3. The predicted molar refractivity (Wildman–Crippen MR) is 85.7 cm³/mol. The van der Waals surface area contributed by atoms with Crippen LogP contribution < -0.4 is 5.32 Å². The number of halogens is 2. The Balaban J connectivity index is 1.94. The van der Waals surface area contributed by atoms with Crippen molar-refractivity contribution < 1.29 is 4.39 Å². The third-order valence-electron chi connectivity index (χ3n) is 3.73. The molecule has 1 heterocycles. The summed E-state index contributed by atoms with van der Waals surface area (Å²) in [6.45, 7) is 2.99. The molecular formula is C16H18ClFN2S. The van der Waals surface area contributed by atoms with Crippen molar-refractivity contribution in [1.82, 2.24) is 10.3 Å². The highest BCUT2D eigenvalue weighted by molar-refractivity contribution is 7.11. The highest BCUT2D eigenvalue weighted by Gasteiger charge is 2.23. The zero-order chi connectivity index (χ0) is 14.8. The maximum absolute atomic E-state index is 13.8. The minimum absolute atomic E-state index is 0.0488. The molecule has 21 heavy (non-hydrogen) atoms. The summed E-state index contributed by atoms with van der Waals surface area (Å²) in [6.07, 6.45) is 4.43. The minimum atomic E-state index is -0.374. The molecule has 1 aliphatic carbocycles. The van der Waals surface area contributed by atoms with Crippen molar-refractivity contribution in [1.29, 1.82) is 0 Å². The normalized spacial score (nSPS) is 15.2. The van der Waals surface area contributed by atoms with Crippen molar-refractivity contribution in [3.63, 3.8) is 0 Å². The van der Waals surface area contributed by atoms with Gasteiger partial charge in [0, 0.05) is 4.88 Å². The van der Waals surface area contributed by atoms with Gasteiger partial charge in [-0.15, -0.1) is 11.3 Å². The molecule has 1 aliphatic rings. The van der Waals surface area contributed by atoms with E-state index in [1.165, 1.54) is 23.1 Å². The summed E-state index contributed by atoms with van der Waals surface area (Å²) in [4.78, 5) is 6.16. The van der Waals surface area contributed by atoms with Gasteiger partial charge in [0.1, 0.15) is 10.8 Å². The fourth-order valence-corrected chi connectivity index (χ4v) is 4.04. The van der Waals surface area contributed by atoms with Crippen molar-refractivity contribution >= 4 is 22.9 Å². The van der Waals surface area contributed by atoms with Crippen LogP contribution in [-0.2, 0) is 12.8 Å². The van der Waals surface area contributed by atoms with Gasteiger partial charge in [0.05, 0.1) is 16.8 Å². The minimum Gasteiger partial charge on any atom is -0.304 e. The van der Waals surface area contributed by atoms with Gasteiger partial charge in [0.2, 0.25) is 0 Å². The molecule has 2 nitrogen and oxygen atoms in total. The molecule has 0 saturated carbocycles. The summed E-state index contributed by atoms with van der Waals surface area (Å²) in [6, 6.07) is 4.97. The van der Waals surface area contributed by atoms with E-state index in [1.807, 2.05) is 6.07 Å². The van der Waals surface area contributed by atoms with Crippen molar-refractivity contribution in [3.8, 4) is 0 Å². The van der Waals surface area contributed by atoms with Gasteiger partial charge in [0.25, 0.3) is 0 Å². The van der Waals surface area contributed by atoms with Crippen molar-refractivity contribution in [2.75, 3.05) is 6.54 Å². The third-order valence-corrected chi connectivity index (χ3v) is 5.26. The molecule has 1 aromatic heterocycles. The van der Waals surface area contributed by atoms with Crippen LogP contribution >= 0.6 is 22.9 Å². The molecule has 0 amide bonds. The number of nitrogens with zero attached hydrogens (tertiary/aromatic N) is 1. The highest BCUT2D eigenvalue weighted by atomic mass is 35.5. The Labute approximate surface area is 133 Å². The summed E-state index contributed by atoms with van der Waals surface area (Å²) in [7, 11) is 0. The summed E-state index contributed by atoms with van der Waals surface area (Å²) >= 11 is 7.54. The number of benzene rings is 1. The Kier molecular flexibility index (Phi) is 4.57. The van der Waals surface area contributed by atoms with Crippen LogP contribution in [0.3, 0.4) is 0 Å². The smallest absolute Gasteiger partial charge is 0.142 e. The lowest BCUT2D eigenvalue weighted by atomic mass is 10.1. The average Bonchev–Trinajstić information content (AvgIpc) is 3.04. The zero-order valence-electron chi connectivity index (χ0n) is 12.0. The number of hydrogen-bond acceptors (Lipinski definition) is 3. The van der Waals surface area contributed by atoms with Gasteiger partial charge in [-0.2, -0.15) is 0 Å². The van der Waals surface area contributed by atoms with Crippen LogP contribution in [0.5, 0.6) is 0 Å². The Morgan fingerprint density at radius 2 is 2.29 bits per heavy atom. The molecule has 0 saturated heterocycles. The van der Waals surface area contributed by atoms with Gasteiger partial charge in [0.15, 0.2) is 0 Å². The third kappa shape index (κ3) is 3.12. The Morgan fingerprint density at radius 1 is 1.43 bits per heavy atom. The summed E-state index contributed by atoms with van der Waals surface area (Å²) in [5.74, 6) is -0.374. The molecule has 112 valence electrons. The molecule has 1 unspecified atom stereocenters. The molecule has 0 aliphatic heterocycles. The lowest BCUT2D eigenvalue weighted by molar-refractivity contribution is 0.582. The number of rotatable bonds is 5. The number of thiazole rings is 1. The first-order valence-electron chi connectivity index (χ1n) is 7.36. The molecule has 3 rings (SSSR count). The van der Waals surface area contributed by atoms with E-state index >= 15 is 0 Å². The molecule has 0 fully saturated rings. The van der Waals surface area contributed by atoms with Gasteiger partial charge in [-0.05, 0) is 49.9 Å². The van der Waals surface area contributed by atoms with Gasteiger partial charge in [-0.1, -0.05) is 24.6 Å². The molecule has 0 radical (unpaired) electrons. The van der Waals surface area contributed by atoms with Gasteiger partial charge in [-0.3, -0.25) is 0 Å². The van der Waals surface area contributed by atoms with Gasteiger partial charge in [-0.25, -0.2) is 9.37 Å². The molecule has 2 aromatic rings. The van der Waals surface area contributed by atoms with Crippen molar-refractivity contribution in [2.24, 2.45) is 0 Å². The van der Waals surface area contributed by atoms with E-state index in [4.69, 9.17) is 16.6 Å². The van der Waals surface area contributed by atoms with Crippen LogP contribution in [-0.4, -0.2) is 11.5 Å². The Bertz CT molecular complexity index is 620. The van der Waals surface area contributed by atoms with Crippen molar-refractivity contribution in [2.45, 2.75) is 38.6 Å². The van der Waals surface area contributed by atoms with E-state index in [2.05, 4.69) is 12.2 Å². The lowest BCUT2D eigenvalue weighted by Crippen LogP contribution is -2.23. The monoisotopic (exact) mass is 324 g/mol. The predicted octanol–water partition coefficient (Wildman–Crippen LogP) is 4.51. The largest absolute Gasteiger partial charge is 0.304 e. The number of aromatic nitrogens is 1. The molecule has 0 spiro atoms. The topological polar surface area (TPSA) is 24.9 Å². The van der Waals surface area contributed by atoms with Gasteiger partial charge >= 0.3 is 0 Å². The SMILES string of the molecule is CCCNC(c1ccc(Cl)c(F)c1)c1nc2c(s1)CCC2. The molecule has 1 N–H and O–H groups in total. The average molecular weight is 325 g/mol. The van der Waals surface area contributed by atoms with Crippen LogP contribution in [0.4, 0.5) is 4.39 Å². The van der Waals surface area contributed by atoms with Gasteiger partial charge < -0.3 is 5.32 Å². The van der Waals surface area contributed by atoms with Crippen LogP contribution in [0.15, 0.2) is 18.2 Å². The first-order chi connectivity index (χ1) is 10.2. The van der Waals surface area contributed by atoms with E-state index in [0.29, 0.717) is 0 Å². The van der Waals surface area contributed by atoms with E-state index in [9.17, 15) is 4.39 Å². The Morgan fingerprint density at radius 3 is 3.00 bits per heavy atom. The number of nitrogens with one attached hydrogen (secondary N) is 1. The van der Waals surface area contributed by atoms with E-state index < -0.39 is 0 Å². The number of hydrogen-bond donors (Lipinski definition) is 1. The molecule has 1 atom stereocenters. The van der Waals surface area contributed by atoms with E-state index in [0.717, 1.165) is 36.4 Å². The summed E-state index contributed by atoms with van der Waals surface area (Å²) in [5.41, 5.74) is 2.12. The number of aryl methyl sites for hydroxylation is 2. The van der Waals surface area contributed by atoms with E-state index in [-0.39, 0.29) is 16.9 Å². The van der Waals surface area contributed by atoms with Crippen LogP contribution in [0.1, 0.15) is 46.9 Å². The maximum atomic E-state index is 13.8. The lowest BCUT2D eigenvalue weighted by Gasteiger charge is -2.17.